The van der Waals surface area contributed by atoms with E-state index in [9.17, 15) is 31.1 Å². The van der Waals surface area contributed by atoms with Crippen LogP contribution in [0.25, 0.3) is 0 Å². The molecule has 0 heterocycles. The van der Waals surface area contributed by atoms with Gasteiger partial charge in [0.1, 0.15) is 0 Å². The molecule has 0 saturated carbocycles. The summed E-state index contributed by atoms with van der Waals surface area (Å²) in [5.74, 6) is 0. The minimum Gasteiger partial charge on any atom is -0.331 e. The molecule has 1 N–H and O–H groups in total. The van der Waals surface area contributed by atoms with Gasteiger partial charge < -0.3 is 10.2 Å². The predicted molar refractivity (Wildman–Crippen MR) is 59.2 cm³/mol. The number of rotatable bonds is 1. The van der Waals surface area contributed by atoms with Crippen LogP contribution < -0.4 is 5.32 Å². The Morgan fingerprint density at radius 3 is 1.65 bits per heavy atom. The van der Waals surface area contributed by atoms with Crippen LogP contribution in [0.5, 0.6) is 0 Å². The molecule has 0 aliphatic rings. The van der Waals surface area contributed by atoms with Crippen molar-refractivity contribution in [3.8, 4) is 0 Å². The summed E-state index contributed by atoms with van der Waals surface area (Å²) in [5.41, 5.74) is -3.55. The Hall–Kier alpha value is -1.93. The van der Waals surface area contributed by atoms with Crippen LogP contribution in [0, 0.1) is 0 Å². The van der Waals surface area contributed by atoms with Gasteiger partial charge >= 0.3 is 18.4 Å². The van der Waals surface area contributed by atoms with Gasteiger partial charge in [-0.15, -0.1) is 0 Å². The van der Waals surface area contributed by atoms with Crippen molar-refractivity contribution in [2.45, 2.75) is 12.4 Å². The molecule has 0 unspecified atom stereocenters. The van der Waals surface area contributed by atoms with Crippen LogP contribution in [0.3, 0.4) is 0 Å². The maximum absolute atomic E-state index is 12.5. The van der Waals surface area contributed by atoms with E-state index in [1.807, 2.05) is 5.32 Å². The van der Waals surface area contributed by atoms with E-state index in [1.165, 1.54) is 14.1 Å². The molecule has 0 spiro atoms. The Kier molecular flexibility index (Phi) is 4.21. The van der Waals surface area contributed by atoms with E-state index in [1.54, 1.807) is 0 Å². The predicted octanol–water partition coefficient (Wildman–Crippen LogP) is 3.82. The second-order valence-electron chi connectivity index (χ2n) is 4.12. The molecular weight excluding hydrogens is 290 g/mol. The Labute approximate surface area is 110 Å². The highest BCUT2D eigenvalue weighted by Crippen LogP contribution is 2.37. The molecule has 0 radical (unpaired) electrons. The maximum atomic E-state index is 12.5. The number of alkyl halides is 6. The number of hydrogen-bond donors (Lipinski definition) is 1. The minimum atomic E-state index is -4.95. The van der Waals surface area contributed by atoms with Crippen molar-refractivity contribution in [1.29, 1.82) is 0 Å². The number of amides is 2. The van der Waals surface area contributed by atoms with E-state index < -0.39 is 35.2 Å². The fourth-order valence-electron chi connectivity index (χ4n) is 1.26. The number of hydrogen-bond acceptors (Lipinski definition) is 1. The molecule has 0 fully saturated rings. The fraction of sp³-hybridized carbons (Fsp3) is 0.364. The summed E-state index contributed by atoms with van der Waals surface area (Å²) in [5, 5.41) is 1.95. The number of halogens is 6. The van der Waals surface area contributed by atoms with Gasteiger partial charge in [0.15, 0.2) is 0 Å². The van der Waals surface area contributed by atoms with Crippen molar-refractivity contribution in [3.63, 3.8) is 0 Å². The first kappa shape index (κ1) is 16.1. The minimum absolute atomic E-state index is 0.00861. The van der Waals surface area contributed by atoms with E-state index in [2.05, 4.69) is 0 Å². The molecule has 112 valence electrons. The quantitative estimate of drug-likeness (QED) is 0.786. The van der Waals surface area contributed by atoms with E-state index in [0.29, 0.717) is 12.1 Å². The van der Waals surface area contributed by atoms with Crippen LogP contribution in [0.4, 0.5) is 36.8 Å². The second kappa shape index (κ2) is 5.22. The van der Waals surface area contributed by atoms with Gasteiger partial charge in [-0.1, -0.05) is 0 Å². The van der Waals surface area contributed by atoms with E-state index in [-0.39, 0.29) is 6.07 Å². The number of urea groups is 1. The van der Waals surface area contributed by atoms with E-state index in [0.717, 1.165) is 4.90 Å². The van der Waals surface area contributed by atoms with Gasteiger partial charge in [0.2, 0.25) is 0 Å². The molecule has 20 heavy (non-hydrogen) atoms. The molecule has 0 atom stereocenters. The van der Waals surface area contributed by atoms with Crippen molar-refractivity contribution in [2.24, 2.45) is 0 Å². The normalized spacial score (nSPS) is 12.2. The van der Waals surface area contributed by atoms with Crippen LogP contribution in [0.15, 0.2) is 18.2 Å². The third-order valence-corrected chi connectivity index (χ3v) is 2.25. The Morgan fingerprint density at radius 1 is 0.950 bits per heavy atom. The summed E-state index contributed by atoms with van der Waals surface area (Å²) in [6.45, 7) is 0. The zero-order chi connectivity index (χ0) is 15.7. The lowest BCUT2D eigenvalue weighted by atomic mass is 10.1. The lowest BCUT2D eigenvalue weighted by Crippen LogP contribution is -2.27. The first-order chi connectivity index (χ1) is 8.91. The number of benzene rings is 1. The van der Waals surface area contributed by atoms with E-state index in [4.69, 9.17) is 0 Å². The monoisotopic (exact) mass is 300 g/mol. The SMILES string of the molecule is CN(C)C(=O)Nc1cc(C(F)(F)F)cc(C(F)(F)F)c1. The van der Waals surface area contributed by atoms with Crippen LogP contribution in [0.1, 0.15) is 11.1 Å². The highest BCUT2D eigenvalue weighted by Gasteiger charge is 2.37. The number of carbonyl (C=O) groups excluding carboxylic acids is 1. The Bertz CT molecular complexity index is 474. The van der Waals surface area contributed by atoms with Crippen molar-refractivity contribution in [2.75, 3.05) is 19.4 Å². The summed E-state index contributed by atoms with van der Waals surface area (Å²) in [7, 11) is 2.60. The Balaban J connectivity index is 3.28. The van der Waals surface area contributed by atoms with Crippen LogP contribution >= 0.6 is 0 Å². The van der Waals surface area contributed by atoms with Gasteiger partial charge in [-0.2, -0.15) is 26.3 Å². The summed E-state index contributed by atoms with van der Waals surface area (Å²) < 4.78 is 75.2. The lowest BCUT2D eigenvalue weighted by Gasteiger charge is -2.16. The first-order valence-corrected chi connectivity index (χ1v) is 5.19. The Morgan fingerprint density at radius 2 is 1.35 bits per heavy atom. The lowest BCUT2D eigenvalue weighted by molar-refractivity contribution is -0.143. The molecule has 0 aliphatic heterocycles. The summed E-state index contributed by atoms with van der Waals surface area (Å²) in [4.78, 5) is 12.3. The summed E-state index contributed by atoms with van der Waals surface area (Å²) >= 11 is 0. The largest absolute Gasteiger partial charge is 0.416 e. The highest BCUT2D eigenvalue weighted by molar-refractivity contribution is 5.89. The molecule has 1 rings (SSSR count). The number of anilines is 1. The van der Waals surface area contributed by atoms with Gasteiger partial charge in [-0.05, 0) is 18.2 Å². The smallest absolute Gasteiger partial charge is 0.331 e. The highest BCUT2D eigenvalue weighted by atomic mass is 19.4. The van der Waals surface area contributed by atoms with Crippen LogP contribution in [0.2, 0.25) is 0 Å². The average molecular weight is 300 g/mol. The van der Waals surface area contributed by atoms with Gasteiger partial charge in [0.05, 0.1) is 11.1 Å². The number of nitrogens with zero attached hydrogens (tertiary/aromatic N) is 1. The third kappa shape index (κ3) is 4.04. The van der Waals surface area contributed by atoms with Crippen molar-refractivity contribution >= 4 is 11.7 Å². The zero-order valence-corrected chi connectivity index (χ0v) is 10.4. The molecule has 1 aromatic carbocycles. The van der Waals surface area contributed by atoms with Crippen molar-refractivity contribution < 1.29 is 31.1 Å². The first-order valence-electron chi connectivity index (χ1n) is 5.19. The van der Waals surface area contributed by atoms with E-state index >= 15 is 0 Å². The fourth-order valence-corrected chi connectivity index (χ4v) is 1.26. The standard InChI is InChI=1S/C11H10F6N2O/c1-19(2)9(20)18-8-4-6(10(12,13)14)3-7(5-8)11(15,16)17/h3-5H,1-2H3,(H,18,20). The van der Waals surface area contributed by atoms with Gasteiger partial charge in [-0.3, -0.25) is 0 Å². The average Bonchev–Trinajstić information content (AvgIpc) is 2.26. The molecule has 0 aliphatic carbocycles. The second-order valence-corrected chi connectivity index (χ2v) is 4.12. The van der Waals surface area contributed by atoms with Gasteiger partial charge in [0.25, 0.3) is 0 Å². The number of carbonyl (C=O) groups is 1. The molecule has 9 heteroatoms. The molecule has 1 aromatic rings. The third-order valence-electron chi connectivity index (χ3n) is 2.25. The maximum Gasteiger partial charge on any atom is 0.416 e. The zero-order valence-electron chi connectivity index (χ0n) is 10.4. The van der Waals surface area contributed by atoms with Crippen molar-refractivity contribution in [1.82, 2.24) is 4.90 Å². The molecular formula is C11H10F6N2O. The molecule has 3 nitrogen and oxygen atoms in total. The van der Waals surface area contributed by atoms with Crippen LogP contribution in [-0.2, 0) is 12.4 Å². The molecule has 2 amide bonds. The molecule has 0 bridgehead atoms. The van der Waals surface area contributed by atoms with Crippen LogP contribution in [-0.4, -0.2) is 25.0 Å². The summed E-state index contributed by atoms with van der Waals surface area (Å²) in [6.07, 6.45) is -9.89. The summed E-state index contributed by atoms with van der Waals surface area (Å²) in [6, 6.07) is 0.0379. The topological polar surface area (TPSA) is 32.3 Å². The van der Waals surface area contributed by atoms with Crippen molar-refractivity contribution in [3.05, 3.63) is 29.3 Å². The molecule has 0 saturated heterocycles. The van der Waals surface area contributed by atoms with Gasteiger partial charge in [-0.25, -0.2) is 4.79 Å². The molecule has 0 aromatic heterocycles. The van der Waals surface area contributed by atoms with Gasteiger partial charge in [0, 0.05) is 19.8 Å². The number of nitrogens with one attached hydrogen (secondary N) is 1.